The van der Waals surface area contributed by atoms with Gasteiger partial charge in [-0.15, -0.1) is 0 Å². The number of aromatic nitrogens is 4. The number of ether oxygens (including phenoxy) is 5. The number of phosphoric acid groups is 1. The van der Waals surface area contributed by atoms with Gasteiger partial charge >= 0.3 is 20.1 Å². The Bertz CT molecular complexity index is 1230. The molecule has 1 saturated carbocycles. The molecule has 2 aromatic heterocycles. The predicted octanol–water partition coefficient (Wildman–Crippen LogP) is 2.09. The van der Waals surface area contributed by atoms with Crippen LogP contribution in [-0.4, -0.2) is 80.6 Å². The van der Waals surface area contributed by atoms with Crippen LogP contribution in [0.25, 0.3) is 5.65 Å². The Morgan fingerprint density at radius 2 is 1.72 bits per heavy atom. The van der Waals surface area contributed by atoms with E-state index in [1.165, 1.54) is 17.0 Å². The summed E-state index contributed by atoms with van der Waals surface area (Å²) in [5.41, 5.74) is 5.06. The lowest BCUT2D eigenvalue weighted by molar-refractivity contribution is -0.0609. The van der Waals surface area contributed by atoms with E-state index >= 15 is 0 Å². The van der Waals surface area contributed by atoms with Gasteiger partial charge in [0.25, 0.3) is 0 Å². The molecule has 1 aliphatic heterocycles. The number of nitrogen functional groups attached to an aromatic ring is 1. The van der Waals surface area contributed by atoms with Crippen molar-refractivity contribution in [3.8, 4) is 0 Å². The lowest BCUT2D eigenvalue weighted by Gasteiger charge is -2.24. The standard InChI is InChI=1S/C21H30N5O12P/c1-10(2)35-19(27)31-8-33-39(30,34-9-32-20(28)36-11(3)4)38-16-15-21(16,29)12(5)14(37-15)13-6-23-18-17(22)24-7-25-26(13)18/h6-7,10-12,14-16,29H,8-9H2,1-5H3,(H2,22,24,25). The Hall–Kier alpha value is -3.08. The molecule has 2 aromatic rings. The Kier molecular flexibility index (Phi) is 8.30. The third-order valence-corrected chi connectivity index (χ3v) is 7.21. The third-order valence-electron chi connectivity index (χ3n) is 5.88. The fourth-order valence-corrected chi connectivity index (χ4v) is 5.15. The molecular weight excluding hydrogens is 545 g/mol. The van der Waals surface area contributed by atoms with Crippen LogP contribution < -0.4 is 5.73 Å². The van der Waals surface area contributed by atoms with Crippen LogP contribution in [-0.2, 0) is 41.8 Å². The molecule has 18 heteroatoms. The van der Waals surface area contributed by atoms with E-state index in [4.69, 9.17) is 43.0 Å². The highest BCUT2D eigenvalue weighted by molar-refractivity contribution is 7.48. The van der Waals surface area contributed by atoms with Crippen molar-refractivity contribution in [2.75, 3.05) is 19.3 Å². The van der Waals surface area contributed by atoms with Gasteiger partial charge < -0.3 is 34.5 Å². The zero-order valence-electron chi connectivity index (χ0n) is 21.8. The highest BCUT2D eigenvalue weighted by Gasteiger charge is 2.77. The maximum Gasteiger partial charge on any atom is 0.510 e. The first-order valence-electron chi connectivity index (χ1n) is 11.9. The lowest BCUT2D eigenvalue weighted by Crippen LogP contribution is -2.29. The molecule has 4 rings (SSSR count). The van der Waals surface area contributed by atoms with Crippen molar-refractivity contribution in [2.24, 2.45) is 5.92 Å². The number of aliphatic hydroxyl groups is 1. The normalized spacial score (nSPS) is 26.1. The summed E-state index contributed by atoms with van der Waals surface area (Å²) in [6.45, 7) is 6.31. The van der Waals surface area contributed by atoms with E-state index in [9.17, 15) is 19.3 Å². The van der Waals surface area contributed by atoms with Gasteiger partial charge in [-0.2, -0.15) is 5.10 Å². The average Bonchev–Trinajstić information content (AvgIpc) is 3.10. The number of nitrogens with zero attached hydrogens (tertiary/aromatic N) is 4. The molecular formula is C21H30N5O12P. The Balaban J connectivity index is 1.42. The molecule has 5 atom stereocenters. The van der Waals surface area contributed by atoms with Crippen molar-refractivity contribution in [3.63, 3.8) is 0 Å². The summed E-state index contributed by atoms with van der Waals surface area (Å²) in [6.07, 6.45) is -3.14. The van der Waals surface area contributed by atoms with Gasteiger partial charge in [0, 0.05) is 5.92 Å². The van der Waals surface area contributed by atoms with Crippen molar-refractivity contribution in [3.05, 3.63) is 18.2 Å². The smallest absolute Gasteiger partial charge is 0.432 e. The molecule has 0 amide bonds. The molecule has 0 radical (unpaired) electrons. The van der Waals surface area contributed by atoms with Gasteiger partial charge in [0.05, 0.1) is 24.1 Å². The molecule has 39 heavy (non-hydrogen) atoms. The molecule has 17 nitrogen and oxygen atoms in total. The van der Waals surface area contributed by atoms with Crippen LogP contribution in [0.4, 0.5) is 15.4 Å². The largest absolute Gasteiger partial charge is 0.510 e. The first kappa shape index (κ1) is 28.9. The minimum absolute atomic E-state index is 0.168. The van der Waals surface area contributed by atoms with Gasteiger partial charge in [0.15, 0.2) is 11.5 Å². The summed E-state index contributed by atoms with van der Waals surface area (Å²) in [5, 5.41) is 15.4. The summed E-state index contributed by atoms with van der Waals surface area (Å²) < 4.78 is 55.4. The van der Waals surface area contributed by atoms with Gasteiger partial charge in [-0.05, 0) is 27.7 Å². The van der Waals surface area contributed by atoms with Gasteiger partial charge in [0.2, 0.25) is 13.6 Å². The van der Waals surface area contributed by atoms with Gasteiger partial charge in [0.1, 0.15) is 30.2 Å². The molecule has 2 aliphatic rings. The Morgan fingerprint density at radius 3 is 2.23 bits per heavy atom. The second-order valence-electron chi connectivity index (χ2n) is 9.31. The van der Waals surface area contributed by atoms with E-state index in [2.05, 4.69) is 15.1 Å². The first-order valence-corrected chi connectivity index (χ1v) is 13.4. The average molecular weight is 575 g/mol. The topological polar surface area (TPSA) is 214 Å². The number of fused-ring (bicyclic) bond motifs is 2. The van der Waals surface area contributed by atoms with Crippen molar-refractivity contribution in [1.29, 1.82) is 0 Å². The van der Waals surface area contributed by atoms with Crippen molar-refractivity contribution in [2.45, 2.75) is 70.7 Å². The van der Waals surface area contributed by atoms with E-state index in [-0.39, 0.29) is 5.82 Å². The fourth-order valence-electron chi connectivity index (χ4n) is 4.03. The molecule has 1 aliphatic carbocycles. The lowest BCUT2D eigenvalue weighted by atomic mass is 9.95. The zero-order chi connectivity index (χ0) is 28.5. The van der Waals surface area contributed by atoms with Crippen LogP contribution in [0.5, 0.6) is 0 Å². The summed E-state index contributed by atoms with van der Waals surface area (Å²) in [5.74, 6) is -0.437. The summed E-state index contributed by atoms with van der Waals surface area (Å²) in [6, 6.07) is 0. The SMILES string of the molecule is CC(C)OC(=O)OCOP(=O)(OCOC(=O)OC(C)C)OC1C2OC(c3cnc4c(N)ncnn34)C(C)C21O. The first-order chi connectivity index (χ1) is 18.4. The highest BCUT2D eigenvalue weighted by Crippen LogP contribution is 2.65. The number of nitrogens with two attached hydrogens (primary N) is 1. The second-order valence-corrected chi connectivity index (χ2v) is 10.9. The van der Waals surface area contributed by atoms with Crippen LogP contribution in [0.15, 0.2) is 12.5 Å². The van der Waals surface area contributed by atoms with E-state index in [0.717, 1.165) is 0 Å². The summed E-state index contributed by atoms with van der Waals surface area (Å²) in [4.78, 5) is 31.4. The van der Waals surface area contributed by atoms with Gasteiger partial charge in [-0.3, -0.25) is 4.52 Å². The van der Waals surface area contributed by atoms with Crippen LogP contribution in [0.2, 0.25) is 0 Å². The minimum atomic E-state index is -4.60. The number of phosphoric ester groups is 1. The third kappa shape index (κ3) is 6.08. The van der Waals surface area contributed by atoms with Crippen LogP contribution in [0.1, 0.15) is 46.4 Å². The number of imidazole rings is 1. The van der Waals surface area contributed by atoms with E-state index in [1.807, 2.05) is 0 Å². The molecule has 216 valence electrons. The molecule has 3 N–H and O–H groups in total. The van der Waals surface area contributed by atoms with Crippen molar-refractivity contribution >= 4 is 31.6 Å². The van der Waals surface area contributed by atoms with Crippen molar-refractivity contribution in [1.82, 2.24) is 19.6 Å². The highest BCUT2D eigenvalue weighted by atomic mass is 31.2. The Morgan fingerprint density at radius 1 is 1.13 bits per heavy atom. The molecule has 1 saturated heterocycles. The molecule has 0 bridgehead atoms. The van der Waals surface area contributed by atoms with E-state index < -0.39 is 75.8 Å². The van der Waals surface area contributed by atoms with E-state index in [0.29, 0.717) is 11.3 Å². The number of hydrogen-bond acceptors (Lipinski definition) is 16. The van der Waals surface area contributed by atoms with Crippen LogP contribution in [0.3, 0.4) is 0 Å². The minimum Gasteiger partial charge on any atom is -0.432 e. The maximum atomic E-state index is 13.3. The van der Waals surface area contributed by atoms with Crippen LogP contribution in [0, 0.1) is 5.92 Å². The zero-order valence-corrected chi connectivity index (χ0v) is 22.7. The molecule has 0 aromatic carbocycles. The van der Waals surface area contributed by atoms with Gasteiger partial charge in [-0.25, -0.2) is 37.7 Å². The summed E-state index contributed by atoms with van der Waals surface area (Å²) >= 11 is 0. The number of carbonyl (C=O) groups is 2. The number of carbonyl (C=O) groups excluding carboxylic acids is 2. The quantitative estimate of drug-likeness (QED) is 0.223. The predicted molar refractivity (Wildman–Crippen MR) is 127 cm³/mol. The Labute approximate surface area is 222 Å². The monoisotopic (exact) mass is 575 g/mol. The van der Waals surface area contributed by atoms with Crippen LogP contribution >= 0.6 is 7.82 Å². The maximum absolute atomic E-state index is 13.3. The summed E-state index contributed by atoms with van der Waals surface area (Å²) in [7, 11) is -4.60. The number of hydrogen-bond donors (Lipinski definition) is 2. The molecule has 5 unspecified atom stereocenters. The molecule has 3 heterocycles. The number of rotatable bonds is 11. The molecule has 0 spiro atoms. The van der Waals surface area contributed by atoms with Gasteiger partial charge in [-0.1, -0.05) is 6.92 Å². The van der Waals surface area contributed by atoms with Crippen molar-refractivity contribution < 1.29 is 56.5 Å². The van der Waals surface area contributed by atoms with E-state index in [1.54, 1.807) is 34.6 Å². The molecule has 2 fully saturated rings. The number of anilines is 1. The fraction of sp³-hybridized carbons (Fsp3) is 0.667. The second kappa shape index (κ2) is 11.2.